The van der Waals surface area contributed by atoms with Crippen molar-refractivity contribution >= 4 is 5.96 Å². The van der Waals surface area contributed by atoms with Gasteiger partial charge in [-0.25, -0.2) is 0 Å². The van der Waals surface area contributed by atoms with Gasteiger partial charge in [0.1, 0.15) is 5.75 Å². The van der Waals surface area contributed by atoms with Crippen LogP contribution in [0.15, 0.2) is 23.2 Å². The molecule has 0 spiro atoms. The molecule has 0 bridgehead atoms. The summed E-state index contributed by atoms with van der Waals surface area (Å²) in [6.45, 7) is 9.32. The molecule has 0 radical (unpaired) electrons. The summed E-state index contributed by atoms with van der Waals surface area (Å²) in [6.07, 6.45) is -4.32. The lowest BCUT2D eigenvalue weighted by Gasteiger charge is -2.34. The number of ether oxygens (including phenoxy) is 2. The fourth-order valence-electron chi connectivity index (χ4n) is 3.30. The average molecular weight is 431 g/mol. The Hall–Kier alpha value is -2.00. The minimum absolute atomic E-state index is 0.0566. The van der Waals surface area contributed by atoms with Crippen LogP contribution in [0.4, 0.5) is 13.2 Å². The molecule has 1 aromatic rings. The molecule has 1 saturated heterocycles. The fourth-order valence-corrected chi connectivity index (χ4v) is 3.30. The summed E-state index contributed by atoms with van der Waals surface area (Å²) < 4.78 is 48.4. The molecular weight excluding hydrogens is 397 g/mol. The summed E-state index contributed by atoms with van der Waals surface area (Å²) in [5, 5.41) is 6.37. The van der Waals surface area contributed by atoms with E-state index < -0.39 is 12.8 Å². The molecule has 0 amide bonds. The molecule has 1 fully saturated rings. The molecule has 1 aliphatic heterocycles. The first-order valence-electron chi connectivity index (χ1n) is 10.2. The van der Waals surface area contributed by atoms with E-state index in [1.807, 2.05) is 13.0 Å². The van der Waals surface area contributed by atoms with Crippen LogP contribution in [0.3, 0.4) is 0 Å². The summed E-state index contributed by atoms with van der Waals surface area (Å²) in [7, 11) is 1.65. The van der Waals surface area contributed by atoms with Crippen molar-refractivity contribution in [1.82, 2.24) is 15.5 Å². The van der Waals surface area contributed by atoms with Gasteiger partial charge in [0.15, 0.2) is 12.6 Å². The highest BCUT2D eigenvalue weighted by Crippen LogP contribution is 2.23. The zero-order valence-corrected chi connectivity index (χ0v) is 18.2. The van der Waals surface area contributed by atoms with Crippen LogP contribution in [0.25, 0.3) is 0 Å². The number of nitrogens with one attached hydrogen (secondary N) is 2. The van der Waals surface area contributed by atoms with Crippen molar-refractivity contribution in [3.05, 3.63) is 29.3 Å². The molecule has 1 aromatic carbocycles. The predicted molar refractivity (Wildman–Crippen MR) is 112 cm³/mol. The lowest BCUT2D eigenvalue weighted by atomic mass is 10.1. The third kappa shape index (κ3) is 8.79. The van der Waals surface area contributed by atoms with E-state index in [0.29, 0.717) is 30.6 Å². The van der Waals surface area contributed by atoms with Gasteiger partial charge in [-0.05, 0) is 24.5 Å². The van der Waals surface area contributed by atoms with Gasteiger partial charge in [0.05, 0.1) is 12.7 Å². The minimum Gasteiger partial charge on any atom is -0.484 e. The lowest BCUT2D eigenvalue weighted by Crippen LogP contribution is -2.50. The van der Waals surface area contributed by atoms with Gasteiger partial charge in [0, 0.05) is 45.3 Å². The lowest BCUT2D eigenvalue weighted by molar-refractivity contribution is -0.153. The Morgan fingerprint density at radius 1 is 1.33 bits per heavy atom. The molecule has 1 atom stereocenters. The normalized spacial score (nSPS) is 18.5. The highest BCUT2D eigenvalue weighted by atomic mass is 19.4. The topological polar surface area (TPSA) is 58.1 Å². The molecule has 2 rings (SSSR count). The van der Waals surface area contributed by atoms with Crippen LogP contribution in [0.2, 0.25) is 0 Å². The smallest absolute Gasteiger partial charge is 0.422 e. The summed E-state index contributed by atoms with van der Waals surface area (Å²) >= 11 is 0. The molecule has 2 N–H and O–H groups in total. The van der Waals surface area contributed by atoms with Crippen molar-refractivity contribution in [3.8, 4) is 5.75 Å². The van der Waals surface area contributed by atoms with Crippen molar-refractivity contribution < 1.29 is 22.6 Å². The summed E-state index contributed by atoms with van der Waals surface area (Å²) in [4.78, 5) is 6.59. The monoisotopic (exact) mass is 430 g/mol. The van der Waals surface area contributed by atoms with Crippen LogP contribution in [0.5, 0.6) is 5.75 Å². The second-order valence-corrected chi connectivity index (χ2v) is 7.97. The second-order valence-electron chi connectivity index (χ2n) is 7.97. The number of rotatable bonds is 8. The van der Waals surface area contributed by atoms with Crippen molar-refractivity contribution in [2.75, 3.05) is 46.4 Å². The maximum Gasteiger partial charge on any atom is 0.422 e. The van der Waals surface area contributed by atoms with E-state index in [-0.39, 0.29) is 18.4 Å². The Balaban J connectivity index is 1.87. The molecule has 6 nitrogen and oxygen atoms in total. The van der Waals surface area contributed by atoms with E-state index in [0.717, 1.165) is 25.2 Å². The molecule has 30 heavy (non-hydrogen) atoms. The number of hydrogen-bond acceptors (Lipinski definition) is 4. The van der Waals surface area contributed by atoms with E-state index >= 15 is 0 Å². The number of morpholine rings is 1. The first kappa shape index (κ1) is 24.3. The van der Waals surface area contributed by atoms with Crippen LogP contribution >= 0.6 is 0 Å². The predicted octanol–water partition coefficient (Wildman–Crippen LogP) is 2.96. The van der Waals surface area contributed by atoms with E-state index in [2.05, 4.69) is 34.4 Å². The number of hydrogen-bond donors (Lipinski definition) is 2. The number of aliphatic imine (C=N–C) groups is 1. The molecule has 0 saturated carbocycles. The van der Waals surface area contributed by atoms with Gasteiger partial charge in [0.25, 0.3) is 0 Å². The number of aryl methyl sites for hydroxylation is 1. The second kappa shape index (κ2) is 11.4. The molecule has 170 valence electrons. The SMILES string of the molecule is CN=C(NCc1ccc(C)cc1OCC(F)(F)F)NCC1CN(CC(C)C)CCO1. The van der Waals surface area contributed by atoms with Crippen molar-refractivity contribution in [2.45, 2.75) is 39.6 Å². The largest absolute Gasteiger partial charge is 0.484 e. The van der Waals surface area contributed by atoms with Crippen LogP contribution < -0.4 is 15.4 Å². The average Bonchev–Trinajstić information content (AvgIpc) is 2.67. The van der Waals surface area contributed by atoms with Gasteiger partial charge in [0.2, 0.25) is 0 Å². The Bertz CT molecular complexity index is 695. The van der Waals surface area contributed by atoms with Crippen LogP contribution in [0.1, 0.15) is 25.0 Å². The Kier molecular flexibility index (Phi) is 9.23. The van der Waals surface area contributed by atoms with E-state index in [9.17, 15) is 13.2 Å². The number of halogens is 3. The maximum atomic E-state index is 12.5. The molecule has 0 aliphatic carbocycles. The third-order valence-electron chi connectivity index (χ3n) is 4.63. The van der Waals surface area contributed by atoms with Crippen molar-refractivity contribution in [3.63, 3.8) is 0 Å². The van der Waals surface area contributed by atoms with Crippen LogP contribution in [-0.4, -0.2) is 69.6 Å². The number of nitrogens with zero attached hydrogens (tertiary/aromatic N) is 2. The van der Waals surface area contributed by atoms with Gasteiger partial charge in [-0.15, -0.1) is 0 Å². The highest BCUT2D eigenvalue weighted by molar-refractivity contribution is 5.79. The Labute approximate surface area is 176 Å². The Morgan fingerprint density at radius 2 is 2.10 bits per heavy atom. The highest BCUT2D eigenvalue weighted by Gasteiger charge is 2.29. The van der Waals surface area contributed by atoms with E-state index in [4.69, 9.17) is 9.47 Å². The van der Waals surface area contributed by atoms with E-state index in [1.165, 1.54) is 0 Å². The van der Waals surface area contributed by atoms with Crippen LogP contribution in [-0.2, 0) is 11.3 Å². The first-order chi connectivity index (χ1) is 14.2. The van der Waals surface area contributed by atoms with Crippen molar-refractivity contribution in [2.24, 2.45) is 10.9 Å². The molecule has 0 aromatic heterocycles. The zero-order valence-electron chi connectivity index (χ0n) is 18.2. The number of guanidine groups is 1. The van der Waals surface area contributed by atoms with Crippen LogP contribution in [0, 0.1) is 12.8 Å². The maximum absolute atomic E-state index is 12.5. The molecule has 9 heteroatoms. The first-order valence-corrected chi connectivity index (χ1v) is 10.2. The van der Waals surface area contributed by atoms with Gasteiger partial charge < -0.3 is 20.1 Å². The molecule has 1 unspecified atom stereocenters. The fraction of sp³-hybridized carbons (Fsp3) is 0.667. The minimum atomic E-state index is -4.38. The Morgan fingerprint density at radius 3 is 2.77 bits per heavy atom. The number of benzene rings is 1. The summed E-state index contributed by atoms with van der Waals surface area (Å²) in [5.74, 6) is 1.38. The quantitative estimate of drug-likeness (QED) is 0.491. The standard InChI is InChI=1S/C21H33F3N4O2/c1-15(2)12-28-7-8-29-18(13-28)11-27-20(25-4)26-10-17-6-5-16(3)9-19(17)30-14-21(22,23)24/h5-6,9,15,18H,7-8,10-14H2,1-4H3,(H2,25,26,27). The molecule has 1 heterocycles. The van der Waals surface area contributed by atoms with Gasteiger partial charge in [-0.1, -0.05) is 26.0 Å². The van der Waals surface area contributed by atoms with Crippen molar-refractivity contribution in [1.29, 1.82) is 0 Å². The van der Waals surface area contributed by atoms with Gasteiger partial charge in [-0.3, -0.25) is 9.89 Å². The molecular formula is C21H33F3N4O2. The third-order valence-corrected chi connectivity index (χ3v) is 4.63. The zero-order chi connectivity index (χ0) is 22.1. The van der Waals surface area contributed by atoms with Gasteiger partial charge in [-0.2, -0.15) is 13.2 Å². The molecule has 1 aliphatic rings. The summed E-state index contributed by atoms with van der Waals surface area (Å²) in [5.41, 5.74) is 1.46. The summed E-state index contributed by atoms with van der Waals surface area (Å²) in [6, 6.07) is 5.21. The van der Waals surface area contributed by atoms with E-state index in [1.54, 1.807) is 19.2 Å². The number of alkyl halides is 3. The van der Waals surface area contributed by atoms with Gasteiger partial charge >= 0.3 is 6.18 Å².